The van der Waals surface area contributed by atoms with E-state index in [0.717, 1.165) is 27.8 Å². The van der Waals surface area contributed by atoms with Gasteiger partial charge in [0.2, 0.25) is 0 Å². The van der Waals surface area contributed by atoms with Crippen molar-refractivity contribution in [3.63, 3.8) is 0 Å². The summed E-state index contributed by atoms with van der Waals surface area (Å²) in [6.45, 7) is 0. The second-order valence-electron chi connectivity index (χ2n) is 5.29. The van der Waals surface area contributed by atoms with Gasteiger partial charge in [-0.3, -0.25) is 0 Å². The lowest BCUT2D eigenvalue weighted by atomic mass is 10.2. The molecule has 1 heterocycles. The van der Waals surface area contributed by atoms with E-state index in [1.165, 1.54) is 12.8 Å². The first-order valence-corrected chi connectivity index (χ1v) is 7.43. The van der Waals surface area contributed by atoms with Crippen LogP contribution in [0.5, 0.6) is 0 Å². The Balaban J connectivity index is 1.67. The molecule has 0 bridgehead atoms. The Morgan fingerprint density at radius 1 is 0.952 bits per heavy atom. The van der Waals surface area contributed by atoms with Crippen molar-refractivity contribution in [2.75, 3.05) is 5.32 Å². The maximum atomic E-state index is 5.29. The van der Waals surface area contributed by atoms with Gasteiger partial charge in [-0.25, -0.2) is 9.97 Å². The molecular formula is C16H14N4S. The fourth-order valence-electron chi connectivity index (χ4n) is 2.28. The Morgan fingerprint density at radius 3 is 2.33 bits per heavy atom. The van der Waals surface area contributed by atoms with Crippen LogP contribution in [-0.4, -0.2) is 21.1 Å². The number of hydrogen-bond donors (Lipinski definition) is 2. The highest BCUT2D eigenvalue weighted by Crippen LogP contribution is 2.21. The SMILES string of the molecule is S=C(Nc1ccc2nc3ccccc3nc2c1)NC1CC1. The molecule has 3 aromatic rings. The van der Waals surface area contributed by atoms with E-state index in [-0.39, 0.29) is 0 Å². The van der Waals surface area contributed by atoms with Crippen LogP contribution in [0.3, 0.4) is 0 Å². The number of benzene rings is 2. The normalized spacial score (nSPS) is 14.3. The van der Waals surface area contributed by atoms with Crippen molar-refractivity contribution in [2.24, 2.45) is 0 Å². The molecule has 0 amide bonds. The van der Waals surface area contributed by atoms with Gasteiger partial charge in [-0.1, -0.05) is 12.1 Å². The number of anilines is 1. The van der Waals surface area contributed by atoms with Crippen LogP contribution in [0, 0.1) is 0 Å². The molecule has 1 aliphatic carbocycles. The first kappa shape index (κ1) is 12.5. The second-order valence-corrected chi connectivity index (χ2v) is 5.70. The zero-order valence-corrected chi connectivity index (χ0v) is 12.2. The predicted octanol–water partition coefficient (Wildman–Crippen LogP) is 3.23. The van der Waals surface area contributed by atoms with Crippen molar-refractivity contribution < 1.29 is 0 Å². The van der Waals surface area contributed by atoms with Crippen LogP contribution in [-0.2, 0) is 0 Å². The quantitative estimate of drug-likeness (QED) is 0.561. The molecule has 0 radical (unpaired) electrons. The molecule has 0 aliphatic heterocycles. The monoisotopic (exact) mass is 294 g/mol. The molecule has 5 heteroatoms. The first-order valence-electron chi connectivity index (χ1n) is 7.02. The summed E-state index contributed by atoms with van der Waals surface area (Å²) in [6.07, 6.45) is 2.41. The van der Waals surface area contributed by atoms with Gasteiger partial charge >= 0.3 is 0 Å². The Labute approximate surface area is 127 Å². The lowest BCUT2D eigenvalue weighted by Gasteiger charge is -2.10. The number of fused-ring (bicyclic) bond motifs is 2. The van der Waals surface area contributed by atoms with E-state index in [1.54, 1.807) is 0 Å². The van der Waals surface area contributed by atoms with Gasteiger partial charge in [-0.2, -0.15) is 0 Å². The molecule has 0 unspecified atom stereocenters. The molecular weight excluding hydrogens is 280 g/mol. The molecule has 104 valence electrons. The summed E-state index contributed by atoms with van der Waals surface area (Å²) in [5, 5.41) is 7.14. The van der Waals surface area contributed by atoms with Gasteiger partial charge in [-0.15, -0.1) is 0 Å². The minimum Gasteiger partial charge on any atom is -0.360 e. The molecule has 1 aliphatic rings. The predicted molar refractivity (Wildman–Crippen MR) is 89.4 cm³/mol. The molecule has 4 rings (SSSR count). The molecule has 1 saturated carbocycles. The zero-order chi connectivity index (χ0) is 14.2. The third kappa shape index (κ3) is 2.64. The van der Waals surface area contributed by atoms with E-state index in [9.17, 15) is 0 Å². The molecule has 0 atom stereocenters. The van der Waals surface area contributed by atoms with E-state index < -0.39 is 0 Å². The van der Waals surface area contributed by atoms with Gasteiger partial charge in [0, 0.05) is 11.7 Å². The third-order valence-corrected chi connectivity index (χ3v) is 3.73. The van der Waals surface area contributed by atoms with Gasteiger partial charge < -0.3 is 10.6 Å². The van der Waals surface area contributed by atoms with E-state index in [0.29, 0.717) is 11.2 Å². The highest BCUT2D eigenvalue weighted by molar-refractivity contribution is 7.80. The van der Waals surface area contributed by atoms with Crippen molar-refractivity contribution in [1.82, 2.24) is 15.3 Å². The Morgan fingerprint density at radius 2 is 1.62 bits per heavy atom. The standard InChI is InChI=1S/C16H14N4S/c21-16(17-10-5-6-10)18-11-7-8-14-15(9-11)20-13-4-2-1-3-12(13)19-14/h1-4,7-10H,5-6H2,(H2,17,18,21). The lowest BCUT2D eigenvalue weighted by Crippen LogP contribution is -2.30. The van der Waals surface area contributed by atoms with Crippen molar-refractivity contribution in [1.29, 1.82) is 0 Å². The second kappa shape index (κ2) is 4.93. The average molecular weight is 294 g/mol. The summed E-state index contributed by atoms with van der Waals surface area (Å²) in [4.78, 5) is 9.27. The van der Waals surface area contributed by atoms with Crippen LogP contribution in [0.15, 0.2) is 42.5 Å². The molecule has 21 heavy (non-hydrogen) atoms. The van der Waals surface area contributed by atoms with Crippen LogP contribution < -0.4 is 10.6 Å². The Kier molecular flexibility index (Phi) is 2.93. The molecule has 2 aromatic carbocycles. The summed E-state index contributed by atoms with van der Waals surface area (Å²) < 4.78 is 0. The number of para-hydroxylation sites is 2. The number of aromatic nitrogens is 2. The summed E-state index contributed by atoms with van der Waals surface area (Å²) in [6, 6.07) is 14.4. The largest absolute Gasteiger partial charge is 0.360 e. The van der Waals surface area contributed by atoms with Gasteiger partial charge in [0.15, 0.2) is 5.11 Å². The molecule has 2 N–H and O–H groups in total. The first-order chi connectivity index (χ1) is 10.3. The van der Waals surface area contributed by atoms with Crippen LogP contribution in [0.4, 0.5) is 5.69 Å². The number of thiocarbonyl (C=S) groups is 1. The summed E-state index contributed by atoms with van der Waals surface area (Å²) in [5.41, 5.74) is 4.51. The van der Waals surface area contributed by atoms with Crippen molar-refractivity contribution in [2.45, 2.75) is 18.9 Å². The molecule has 0 saturated heterocycles. The highest BCUT2D eigenvalue weighted by atomic mass is 32.1. The Bertz CT molecular complexity index is 842. The van der Waals surface area contributed by atoms with E-state index in [1.807, 2.05) is 42.5 Å². The summed E-state index contributed by atoms with van der Waals surface area (Å²) >= 11 is 5.29. The molecule has 1 aromatic heterocycles. The van der Waals surface area contributed by atoms with Crippen LogP contribution in [0.2, 0.25) is 0 Å². The minimum absolute atomic E-state index is 0.550. The molecule has 0 spiro atoms. The van der Waals surface area contributed by atoms with E-state index in [4.69, 9.17) is 12.2 Å². The minimum atomic E-state index is 0.550. The number of rotatable bonds is 2. The third-order valence-electron chi connectivity index (χ3n) is 3.51. The van der Waals surface area contributed by atoms with Crippen LogP contribution in [0.1, 0.15) is 12.8 Å². The van der Waals surface area contributed by atoms with Crippen molar-refractivity contribution in [3.8, 4) is 0 Å². The highest BCUT2D eigenvalue weighted by Gasteiger charge is 2.21. The number of nitrogens with one attached hydrogen (secondary N) is 2. The number of hydrogen-bond acceptors (Lipinski definition) is 3. The smallest absolute Gasteiger partial charge is 0.170 e. The van der Waals surface area contributed by atoms with Crippen LogP contribution in [0.25, 0.3) is 22.1 Å². The average Bonchev–Trinajstić information content (AvgIpc) is 3.29. The van der Waals surface area contributed by atoms with Crippen molar-refractivity contribution >= 4 is 45.1 Å². The summed E-state index contributed by atoms with van der Waals surface area (Å²) in [7, 11) is 0. The fraction of sp³-hybridized carbons (Fsp3) is 0.188. The lowest BCUT2D eigenvalue weighted by molar-refractivity contribution is 0.919. The van der Waals surface area contributed by atoms with Crippen molar-refractivity contribution in [3.05, 3.63) is 42.5 Å². The topological polar surface area (TPSA) is 49.8 Å². The summed E-state index contributed by atoms with van der Waals surface area (Å²) in [5.74, 6) is 0. The van der Waals surface area contributed by atoms with Gasteiger partial charge in [-0.05, 0) is 55.4 Å². The fourth-order valence-corrected chi connectivity index (χ4v) is 2.56. The molecule has 1 fully saturated rings. The zero-order valence-electron chi connectivity index (χ0n) is 11.3. The van der Waals surface area contributed by atoms with Gasteiger partial charge in [0.25, 0.3) is 0 Å². The maximum Gasteiger partial charge on any atom is 0.170 e. The Hall–Kier alpha value is -2.27. The van der Waals surface area contributed by atoms with Gasteiger partial charge in [0.1, 0.15) is 0 Å². The van der Waals surface area contributed by atoms with Crippen LogP contribution >= 0.6 is 12.2 Å². The number of nitrogens with zero attached hydrogens (tertiary/aromatic N) is 2. The molecule has 4 nitrogen and oxygen atoms in total. The maximum absolute atomic E-state index is 5.29. The van der Waals surface area contributed by atoms with E-state index >= 15 is 0 Å². The van der Waals surface area contributed by atoms with E-state index in [2.05, 4.69) is 20.6 Å². The van der Waals surface area contributed by atoms with Gasteiger partial charge in [0.05, 0.1) is 22.1 Å².